The summed E-state index contributed by atoms with van der Waals surface area (Å²) >= 11 is 15.6. The third kappa shape index (κ3) is 3.87. The van der Waals surface area contributed by atoms with Crippen molar-refractivity contribution in [1.82, 2.24) is 9.97 Å². The van der Waals surface area contributed by atoms with Crippen LogP contribution in [0.5, 0.6) is 0 Å². The van der Waals surface area contributed by atoms with Gasteiger partial charge in [-0.05, 0) is 36.4 Å². The van der Waals surface area contributed by atoms with E-state index in [1.807, 2.05) is 54.6 Å². The second kappa shape index (κ2) is 7.76. The fourth-order valence-corrected chi connectivity index (χ4v) is 5.31. The summed E-state index contributed by atoms with van der Waals surface area (Å²) in [5.74, 6) is 0. The molecule has 29 heavy (non-hydrogen) atoms. The molecule has 2 aromatic heterocycles. The van der Waals surface area contributed by atoms with Gasteiger partial charge in [-0.1, -0.05) is 64.9 Å². The molecule has 0 spiro atoms. The Bertz CT molecular complexity index is 1330. The van der Waals surface area contributed by atoms with Crippen molar-refractivity contribution < 1.29 is 0 Å². The molecule has 1 N–H and O–H groups in total. The van der Waals surface area contributed by atoms with Gasteiger partial charge in [-0.3, -0.25) is 0 Å². The van der Waals surface area contributed by atoms with Crippen molar-refractivity contribution in [1.29, 1.82) is 0 Å². The lowest BCUT2D eigenvalue weighted by Gasteiger charge is -2.04. The first-order valence-corrected chi connectivity index (χ1v) is 11.2. The number of fused-ring (bicyclic) bond motifs is 1. The average molecular weight is 454 g/mol. The Kier molecular flexibility index (Phi) is 4.97. The standard InChI is InChI=1S/C22H13Cl2N3S2/c23-14-8-9-18-20(11-14)29-22(27-18)25-15-5-3-4-13(10-15)19-12-28-21(26-19)16-6-1-2-7-17(16)24/h1-12H,(H,25,27). The number of hydrogen-bond donors (Lipinski definition) is 1. The molecule has 0 radical (unpaired) electrons. The molecule has 2 heterocycles. The molecule has 0 atom stereocenters. The normalized spacial score (nSPS) is 11.1. The van der Waals surface area contributed by atoms with Crippen molar-refractivity contribution in [3.05, 3.63) is 82.2 Å². The van der Waals surface area contributed by atoms with Crippen LogP contribution >= 0.6 is 45.9 Å². The number of thiazole rings is 2. The number of halogens is 2. The predicted octanol–water partition coefficient (Wildman–Crippen LogP) is 8.14. The van der Waals surface area contributed by atoms with E-state index in [1.54, 1.807) is 22.7 Å². The molecule has 0 saturated carbocycles. The van der Waals surface area contributed by atoms with Crippen molar-refractivity contribution in [2.24, 2.45) is 0 Å². The topological polar surface area (TPSA) is 37.8 Å². The van der Waals surface area contributed by atoms with Crippen LogP contribution in [0.4, 0.5) is 10.8 Å². The summed E-state index contributed by atoms with van der Waals surface area (Å²) in [6.07, 6.45) is 0. The van der Waals surface area contributed by atoms with Gasteiger partial charge in [-0.15, -0.1) is 11.3 Å². The lowest BCUT2D eigenvalue weighted by molar-refractivity contribution is 1.39. The Hall–Kier alpha value is -2.44. The molecule has 5 aromatic rings. The van der Waals surface area contributed by atoms with E-state index in [-0.39, 0.29) is 0 Å². The number of aromatic nitrogens is 2. The smallest absolute Gasteiger partial charge is 0.188 e. The maximum Gasteiger partial charge on any atom is 0.188 e. The highest BCUT2D eigenvalue weighted by Crippen LogP contribution is 2.35. The monoisotopic (exact) mass is 453 g/mol. The minimum atomic E-state index is 0.708. The van der Waals surface area contributed by atoms with Crippen LogP contribution in [-0.2, 0) is 0 Å². The van der Waals surface area contributed by atoms with Crippen molar-refractivity contribution in [2.75, 3.05) is 5.32 Å². The quantitative estimate of drug-likeness (QED) is 0.298. The Morgan fingerprint density at radius 3 is 2.66 bits per heavy atom. The number of nitrogens with one attached hydrogen (secondary N) is 1. The molecular formula is C22H13Cl2N3S2. The molecule has 3 aromatic carbocycles. The van der Waals surface area contributed by atoms with E-state index in [0.717, 1.165) is 42.9 Å². The van der Waals surface area contributed by atoms with Crippen LogP contribution in [0.15, 0.2) is 72.1 Å². The van der Waals surface area contributed by atoms with Crippen molar-refractivity contribution in [3.63, 3.8) is 0 Å². The summed E-state index contributed by atoms with van der Waals surface area (Å²) < 4.78 is 1.06. The highest BCUT2D eigenvalue weighted by molar-refractivity contribution is 7.22. The Morgan fingerprint density at radius 2 is 1.76 bits per heavy atom. The minimum Gasteiger partial charge on any atom is -0.332 e. The number of nitrogens with zero attached hydrogens (tertiary/aromatic N) is 2. The number of anilines is 2. The van der Waals surface area contributed by atoms with Crippen LogP contribution in [0.2, 0.25) is 10.0 Å². The van der Waals surface area contributed by atoms with E-state index in [0.29, 0.717) is 10.0 Å². The molecule has 0 aliphatic rings. The molecule has 5 rings (SSSR count). The third-order valence-corrected chi connectivity index (χ3v) is 6.74. The number of benzene rings is 3. The molecule has 0 saturated heterocycles. The average Bonchev–Trinajstić information content (AvgIpc) is 3.35. The molecule has 0 fully saturated rings. The fraction of sp³-hybridized carbons (Fsp3) is 0. The summed E-state index contributed by atoms with van der Waals surface area (Å²) in [7, 11) is 0. The molecule has 142 valence electrons. The lowest BCUT2D eigenvalue weighted by Crippen LogP contribution is -1.89. The van der Waals surface area contributed by atoms with Gasteiger partial charge in [0.2, 0.25) is 0 Å². The summed E-state index contributed by atoms with van der Waals surface area (Å²) in [6, 6.07) is 21.6. The van der Waals surface area contributed by atoms with Gasteiger partial charge < -0.3 is 5.32 Å². The molecule has 3 nitrogen and oxygen atoms in total. The van der Waals surface area contributed by atoms with Crippen molar-refractivity contribution in [2.45, 2.75) is 0 Å². The fourth-order valence-electron chi connectivity index (χ4n) is 3.00. The van der Waals surface area contributed by atoms with Crippen LogP contribution in [-0.4, -0.2) is 9.97 Å². The summed E-state index contributed by atoms with van der Waals surface area (Å²) in [5.41, 5.74) is 4.80. The SMILES string of the molecule is Clc1ccc2nc(Nc3cccc(-c4csc(-c5ccccc5Cl)n4)c3)sc2c1. The van der Waals surface area contributed by atoms with Crippen LogP contribution in [0.1, 0.15) is 0 Å². The molecule has 0 unspecified atom stereocenters. The van der Waals surface area contributed by atoms with E-state index < -0.39 is 0 Å². The van der Waals surface area contributed by atoms with E-state index in [1.165, 1.54) is 0 Å². The Labute approximate surface area is 185 Å². The van der Waals surface area contributed by atoms with Crippen molar-refractivity contribution in [3.8, 4) is 21.8 Å². The van der Waals surface area contributed by atoms with Gasteiger partial charge in [0.05, 0.1) is 20.9 Å². The van der Waals surface area contributed by atoms with Gasteiger partial charge >= 0.3 is 0 Å². The van der Waals surface area contributed by atoms with Crippen LogP contribution in [0.3, 0.4) is 0 Å². The second-order valence-corrected chi connectivity index (χ2v) is 9.09. The number of rotatable bonds is 4. The van der Waals surface area contributed by atoms with Gasteiger partial charge in [-0.25, -0.2) is 9.97 Å². The first-order chi connectivity index (χ1) is 14.2. The van der Waals surface area contributed by atoms with Crippen LogP contribution in [0.25, 0.3) is 32.0 Å². The first kappa shape index (κ1) is 18.6. The first-order valence-electron chi connectivity index (χ1n) is 8.80. The minimum absolute atomic E-state index is 0.708. The lowest BCUT2D eigenvalue weighted by atomic mass is 10.1. The van der Waals surface area contributed by atoms with E-state index in [2.05, 4.69) is 27.8 Å². The highest BCUT2D eigenvalue weighted by atomic mass is 35.5. The molecule has 0 aliphatic carbocycles. The summed E-state index contributed by atoms with van der Waals surface area (Å²) in [6.45, 7) is 0. The predicted molar refractivity (Wildman–Crippen MR) is 126 cm³/mol. The Morgan fingerprint density at radius 1 is 0.862 bits per heavy atom. The zero-order chi connectivity index (χ0) is 19.8. The maximum atomic E-state index is 6.32. The third-order valence-electron chi connectivity index (χ3n) is 4.37. The molecular weight excluding hydrogens is 441 g/mol. The van der Waals surface area contributed by atoms with Gasteiger partial charge in [0.1, 0.15) is 5.01 Å². The van der Waals surface area contributed by atoms with E-state index in [9.17, 15) is 0 Å². The number of hydrogen-bond acceptors (Lipinski definition) is 5. The van der Waals surface area contributed by atoms with Gasteiger partial charge in [0.15, 0.2) is 5.13 Å². The zero-order valence-corrected chi connectivity index (χ0v) is 18.0. The molecule has 7 heteroatoms. The van der Waals surface area contributed by atoms with E-state index >= 15 is 0 Å². The van der Waals surface area contributed by atoms with Gasteiger partial charge in [0.25, 0.3) is 0 Å². The van der Waals surface area contributed by atoms with Gasteiger partial charge in [0, 0.05) is 27.2 Å². The zero-order valence-electron chi connectivity index (χ0n) is 14.9. The summed E-state index contributed by atoms with van der Waals surface area (Å²) in [5, 5.41) is 8.60. The maximum absolute atomic E-state index is 6.32. The van der Waals surface area contributed by atoms with Crippen LogP contribution < -0.4 is 5.32 Å². The van der Waals surface area contributed by atoms with E-state index in [4.69, 9.17) is 28.2 Å². The van der Waals surface area contributed by atoms with Crippen molar-refractivity contribution >= 4 is 66.9 Å². The van der Waals surface area contributed by atoms with Crippen LogP contribution in [0, 0.1) is 0 Å². The molecule has 0 aliphatic heterocycles. The highest BCUT2D eigenvalue weighted by Gasteiger charge is 2.10. The Balaban J connectivity index is 1.43. The molecule has 0 amide bonds. The van der Waals surface area contributed by atoms with Gasteiger partial charge in [-0.2, -0.15) is 0 Å². The molecule has 0 bridgehead atoms. The second-order valence-electron chi connectivity index (χ2n) is 6.35. The summed E-state index contributed by atoms with van der Waals surface area (Å²) in [4.78, 5) is 9.41. The largest absolute Gasteiger partial charge is 0.332 e.